The number of aromatic amines is 1. The highest BCUT2D eigenvalue weighted by atomic mass is 16.4. The van der Waals surface area contributed by atoms with Gasteiger partial charge in [-0.05, 0) is 0 Å². The number of hydrogen-bond donors (Lipinski definition) is 2. The van der Waals surface area contributed by atoms with E-state index in [0.717, 1.165) is 0 Å². The van der Waals surface area contributed by atoms with Crippen molar-refractivity contribution in [1.29, 1.82) is 0 Å². The molecule has 0 aromatic carbocycles. The van der Waals surface area contributed by atoms with Gasteiger partial charge in [-0.2, -0.15) is 15.4 Å². The molecular weight excluding hydrogens is 188 g/mol. The molecule has 0 fully saturated rings. The third-order valence-corrected chi connectivity index (χ3v) is 1.64. The van der Waals surface area contributed by atoms with Crippen LogP contribution < -0.4 is 0 Å². The SMILES string of the molecule is CN(CCC(=O)O)C(=O)c1cn[nH]n1. The average Bonchev–Trinajstić information content (AvgIpc) is 2.65. The van der Waals surface area contributed by atoms with Gasteiger partial charge in [-0.3, -0.25) is 9.59 Å². The van der Waals surface area contributed by atoms with Gasteiger partial charge in [-0.15, -0.1) is 0 Å². The molecule has 2 N–H and O–H groups in total. The van der Waals surface area contributed by atoms with E-state index >= 15 is 0 Å². The van der Waals surface area contributed by atoms with E-state index < -0.39 is 5.97 Å². The Morgan fingerprint density at radius 2 is 2.36 bits per heavy atom. The van der Waals surface area contributed by atoms with Gasteiger partial charge in [0.05, 0.1) is 12.6 Å². The maximum absolute atomic E-state index is 11.4. The van der Waals surface area contributed by atoms with Crippen LogP contribution in [0.15, 0.2) is 6.20 Å². The average molecular weight is 198 g/mol. The first-order chi connectivity index (χ1) is 6.61. The molecule has 1 heterocycles. The minimum absolute atomic E-state index is 0.0832. The van der Waals surface area contributed by atoms with Gasteiger partial charge in [0, 0.05) is 13.6 Å². The summed E-state index contributed by atoms with van der Waals surface area (Å²) in [7, 11) is 1.51. The van der Waals surface area contributed by atoms with Gasteiger partial charge in [0.2, 0.25) is 0 Å². The van der Waals surface area contributed by atoms with Crippen molar-refractivity contribution < 1.29 is 14.7 Å². The lowest BCUT2D eigenvalue weighted by Gasteiger charge is -2.13. The Morgan fingerprint density at radius 3 is 2.86 bits per heavy atom. The number of nitrogens with one attached hydrogen (secondary N) is 1. The zero-order valence-electron chi connectivity index (χ0n) is 7.60. The third-order valence-electron chi connectivity index (χ3n) is 1.64. The quantitative estimate of drug-likeness (QED) is 0.669. The fourth-order valence-electron chi connectivity index (χ4n) is 0.865. The molecular formula is C7H10N4O3. The van der Waals surface area contributed by atoms with Crippen molar-refractivity contribution in [3.8, 4) is 0 Å². The molecule has 0 atom stereocenters. The van der Waals surface area contributed by atoms with Crippen LogP contribution in [0.3, 0.4) is 0 Å². The minimum Gasteiger partial charge on any atom is -0.481 e. The zero-order chi connectivity index (χ0) is 10.6. The van der Waals surface area contributed by atoms with E-state index in [1.807, 2.05) is 0 Å². The molecule has 0 unspecified atom stereocenters. The molecule has 0 aliphatic heterocycles. The van der Waals surface area contributed by atoms with Crippen molar-refractivity contribution in [3.63, 3.8) is 0 Å². The highest BCUT2D eigenvalue weighted by Gasteiger charge is 2.14. The largest absolute Gasteiger partial charge is 0.481 e. The Kier molecular flexibility index (Phi) is 3.16. The first-order valence-corrected chi connectivity index (χ1v) is 3.94. The van der Waals surface area contributed by atoms with Crippen LogP contribution in [0.4, 0.5) is 0 Å². The number of carboxylic acids is 1. The molecule has 1 rings (SSSR count). The summed E-state index contributed by atoms with van der Waals surface area (Å²) in [5.74, 6) is -1.29. The fourth-order valence-corrected chi connectivity index (χ4v) is 0.865. The maximum Gasteiger partial charge on any atom is 0.305 e. The molecule has 1 amide bonds. The molecule has 7 nitrogen and oxygen atoms in total. The summed E-state index contributed by atoms with van der Waals surface area (Å²) in [6.07, 6.45) is 1.21. The summed E-state index contributed by atoms with van der Waals surface area (Å²) in [5.41, 5.74) is 0.179. The van der Waals surface area contributed by atoms with E-state index in [1.165, 1.54) is 18.1 Å². The molecule has 0 saturated carbocycles. The monoisotopic (exact) mass is 198 g/mol. The van der Waals surface area contributed by atoms with Crippen LogP contribution in [0.2, 0.25) is 0 Å². The van der Waals surface area contributed by atoms with Crippen LogP contribution in [0, 0.1) is 0 Å². The molecule has 7 heteroatoms. The second-order valence-corrected chi connectivity index (χ2v) is 2.73. The topological polar surface area (TPSA) is 99.2 Å². The van der Waals surface area contributed by atoms with E-state index in [0.29, 0.717) is 0 Å². The molecule has 76 valence electrons. The van der Waals surface area contributed by atoms with Gasteiger partial charge in [-0.1, -0.05) is 0 Å². The number of carbonyl (C=O) groups is 2. The van der Waals surface area contributed by atoms with E-state index in [2.05, 4.69) is 15.4 Å². The molecule has 0 aliphatic carbocycles. The second-order valence-electron chi connectivity index (χ2n) is 2.73. The van der Waals surface area contributed by atoms with Crippen molar-refractivity contribution in [2.75, 3.05) is 13.6 Å². The van der Waals surface area contributed by atoms with E-state index in [1.54, 1.807) is 0 Å². The van der Waals surface area contributed by atoms with Crippen LogP contribution in [0.25, 0.3) is 0 Å². The molecule has 0 bridgehead atoms. The van der Waals surface area contributed by atoms with Crippen LogP contribution in [0.1, 0.15) is 16.9 Å². The predicted octanol–water partition coefficient (Wildman–Crippen LogP) is -0.649. The van der Waals surface area contributed by atoms with Crippen LogP contribution in [-0.4, -0.2) is 50.9 Å². The van der Waals surface area contributed by atoms with Crippen molar-refractivity contribution in [2.24, 2.45) is 0 Å². The van der Waals surface area contributed by atoms with E-state index in [9.17, 15) is 9.59 Å². The maximum atomic E-state index is 11.4. The fraction of sp³-hybridized carbons (Fsp3) is 0.429. The zero-order valence-corrected chi connectivity index (χ0v) is 7.60. The number of H-pyrrole nitrogens is 1. The number of aromatic nitrogens is 3. The normalized spacial score (nSPS) is 9.79. The van der Waals surface area contributed by atoms with E-state index in [-0.39, 0.29) is 24.6 Å². The van der Waals surface area contributed by atoms with Crippen LogP contribution >= 0.6 is 0 Å². The predicted molar refractivity (Wildman–Crippen MR) is 45.6 cm³/mol. The van der Waals surface area contributed by atoms with Gasteiger partial charge in [-0.25, -0.2) is 0 Å². The van der Waals surface area contributed by atoms with Crippen molar-refractivity contribution in [1.82, 2.24) is 20.3 Å². The van der Waals surface area contributed by atoms with E-state index in [4.69, 9.17) is 5.11 Å². The number of nitrogens with zero attached hydrogens (tertiary/aromatic N) is 3. The van der Waals surface area contributed by atoms with Crippen LogP contribution in [0.5, 0.6) is 0 Å². The summed E-state index contributed by atoms with van der Waals surface area (Å²) >= 11 is 0. The summed E-state index contributed by atoms with van der Waals surface area (Å²) < 4.78 is 0. The highest BCUT2D eigenvalue weighted by Crippen LogP contribution is 1.97. The number of aliphatic carboxylic acids is 1. The smallest absolute Gasteiger partial charge is 0.305 e. The Balaban J connectivity index is 2.49. The van der Waals surface area contributed by atoms with Gasteiger partial charge in [0.25, 0.3) is 5.91 Å². The number of carbonyl (C=O) groups excluding carboxylic acids is 1. The first kappa shape index (κ1) is 10.2. The summed E-state index contributed by atoms with van der Waals surface area (Å²) in [6.45, 7) is 0.154. The molecule has 0 radical (unpaired) electrons. The van der Waals surface area contributed by atoms with Crippen LogP contribution in [-0.2, 0) is 4.79 Å². The van der Waals surface area contributed by atoms with Gasteiger partial charge in [0.1, 0.15) is 0 Å². The lowest BCUT2D eigenvalue weighted by molar-refractivity contribution is -0.137. The molecule has 0 aliphatic rings. The first-order valence-electron chi connectivity index (χ1n) is 3.94. The molecule has 0 saturated heterocycles. The Bertz CT molecular complexity index is 322. The standard InChI is InChI=1S/C7H10N4O3/c1-11(3-2-6(12)13)7(14)5-4-8-10-9-5/h4H,2-3H2,1H3,(H,12,13)(H,8,9,10). The summed E-state index contributed by atoms with van der Waals surface area (Å²) in [5, 5.41) is 17.8. The van der Waals surface area contributed by atoms with Gasteiger partial charge < -0.3 is 10.0 Å². The number of hydrogen-bond acceptors (Lipinski definition) is 4. The number of rotatable bonds is 4. The Labute approximate surface area is 79.7 Å². The third kappa shape index (κ3) is 2.54. The Hall–Kier alpha value is -1.92. The summed E-state index contributed by atoms with van der Waals surface area (Å²) in [6, 6.07) is 0. The summed E-state index contributed by atoms with van der Waals surface area (Å²) in [4.78, 5) is 23.0. The van der Waals surface area contributed by atoms with Crippen molar-refractivity contribution >= 4 is 11.9 Å². The molecule has 14 heavy (non-hydrogen) atoms. The lowest BCUT2D eigenvalue weighted by Crippen LogP contribution is -2.29. The molecule has 1 aromatic heterocycles. The van der Waals surface area contributed by atoms with Crippen molar-refractivity contribution in [2.45, 2.75) is 6.42 Å². The number of carboxylic acid groups (broad SMARTS) is 1. The Morgan fingerprint density at radius 1 is 1.64 bits per heavy atom. The molecule has 1 aromatic rings. The lowest BCUT2D eigenvalue weighted by atomic mass is 10.3. The van der Waals surface area contributed by atoms with Gasteiger partial charge >= 0.3 is 5.97 Å². The van der Waals surface area contributed by atoms with Gasteiger partial charge in [0.15, 0.2) is 5.69 Å². The minimum atomic E-state index is -0.940. The highest BCUT2D eigenvalue weighted by molar-refractivity contribution is 5.91. The molecule has 0 spiro atoms. The second kappa shape index (κ2) is 4.35. The van der Waals surface area contributed by atoms with Crippen molar-refractivity contribution in [3.05, 3.63) is 11.9 Å². The number of amides is 1.